The van der Waals surface area contributed by atoms with Gasteiger partial charge in [0, 0.05) is 6.42 Å². The minimum Gasteiger partial charge on any atom is -0.359 e. The number of aliphatic hydroxyl groups is 1. The Morgan fingerprint density at radius 1 is 1.33 bits per heavy atom. The molecule has 3 rings (SSSR count). The minimum atomic E-state index is -1.02. The number of fused-ring (bicyclic) bond motifs is 1. The highest BCUT2D eigenvalue weighted by molar-refractivity contribution is 6.03. The van der Waals surface area contributed by atoms with Crippen LogP contribution in [0.2, 0.25) is 0 Å². The molecule has 3 nitrogen and oxygen atoms in total. The first-order valence-corrected chi connectivity index (χ1v) is 5.33. The summed E-state index contributed by atoms with van der Waals surface area (Å²) < 4.78 is 0. The summed E-state index contributed by atoms with van der Waals surface area (Å²) in [4.78, 5) is 5.17. The zero-order chi connectivity index (χ0) is 10.3. The van der Waals surface area contributed by atoms with Crippen molar-refractivity contribution in [2.45, 2.75) is 25.0 Å². The van der Waals surface area contributed by atoms with Crippen LogP contribution < -0.4 is 0 Å². The number of oxime groups is 1. The van der Waals surface area contributed by atoms with Gasteiger partial charge in [0.1, 0.15) is 0 Å². The summed E-state index contributed by atoms with van der Waals surface area (Å²) in [5.41, 5.74) is 1.95. The smallest absolute Gasteiger partial charge is 0.243 e. The molecule has 0 aromatic heterocycles. The third kappa shape index (κ3) is 1.27. The zero-order valence-electron chi connectivity index (χ0n) is 8.39. The van der Waals surface area contributed by atoms with Crippen LogP contribution in [0.25, 0.3) is 0 Å². The number of nitrogens with zero attached hydrogens (tertiary/aromatic N) is 1. The van der Waals surface area contributed by atoms with Gasteiger partial charge in [0.2, 0.25) is 5.79 Å². The minimum absolute atomic E-state index is 0.0555. The number of rotatable bonds is 1. The largest absolute Gasteiger partial charge is 0.359 e. The van der Waals surface area contributed by atoms with Gasteiger partial charge in [-0.25, -0.2) is 0 Å². The predicted molar refractivity (Wildman–Crippen MR) is 56.4 cm³/mol. The first kappa shape index (κ1) is 8.92. The first-order valence-electron chi connectivity index (χ1n) is 5.33. The molecular formula is C12H13NO2. The number of hydrogen-bond donors (Lipinski definition) is 1. The lowest BCUT2D eigenvalue weighted by Gasteiger charge is -2.19. The van der Waals surface area contributed by atoms with Crippen molar-refractivity contribution in [1.82, 2.24) is 0 Å². The van der Waals surface area contributed by atoms with Crippen LogP contribution in [0.4, 0.5) is 0 Å². The Balaban J connectivity index is 1.96. The Labute approximate surface area is 88.4 Å². The van der Waals surface area contributed by atoms with Crippen molar-refractivity contribution in [2.24, 2.45) is 11.1 Å². The van der Waals surface area contributed by atoms with Crippen LogP contribution in [-0.2, 0) is 4.84 Å². The van der Waals surface area contributed by atoms with E-state index in [0.29, 0.717) is 6.42 Å². The number of benzene rings is 1. The van der Waals surface area contributed by atoms with E-state index in [1.165, 1.54) is 0 Å². The molecule has 1 aliphatic heterocycles. The SMILES string of the molecule is OC12CCCC1C(c1ccccc1)=NO2. The molecule has 0 radical (unpaired) electrons. The zero-order valence-corrected chi connectivity index (χ0v) is 8.39. The van der Waals surface area contributed by atoms with Crippen molar-refractivity contribution < 1.29 is 9.94 Å². The predicted octanol–water partition coefficient (Wildman–Crippen LogP) is 1.91. The Morgan fingerprint density at radius 3 is 2.93 bits per heavy atom. The third-order valence-corrected chi connectivity index (χ3v) is 3.27. The Kier molecular flexibility index (Phi) is 1.83. The number of hydrogen-bond acceptors (Lipinski definition) is 3. The van der Waals surface area contributed by atoms with Crippen molar-refractivity contribution in [3.8, 4) is 0 Å². The van der Waals surface area contributed by atoms with E-state index in [2.05, 4.69) is 5.16 Å². The Morgan fingerprint density at radius 2 is 2.13 bits per heavy atom. The molecular weight excluding hydrogens is 190 g/mol. The van der Waals surface area contributed by atoms with E-state index in [9.17, 15) is 5.11 Å². The molecule has 2 atom stereocenters. The summed E-state index contributed by atoms with van der Waals surface area (Å²) in [5, 5.41) is 14.2. The summed E-state index contributed by atoms with van der Waals surface area (Å²) in [7, 11) is 0. The van der Waals surface area contributed by atoms with Crippen LogP contribution in [0.3, 0.4) is 0 Å². The van der Waals surface area contributed by atoms with Crippen molar-refractivity contribution in [3.63, 3.8) is 0 Å². The van der Waals surface area contributed by atoms with Crippen LogP contribution in [0.15, 0.2) is 35.5 Å². The molecule has 1 saturated carbocycles. The van der Waals surface area contributed by atoms with Crippen LogP contribution >= 0.6 is 0 Å². The highest BCUT2D eigenvalue weighted by atomic mass is 16.7. The highest BCUT2D eigenvalue weighted by Crippen LogP contribution is 2.43. The molecule has 2 unspecified atom stereocenters. The molecule has 1 aliphatic carbocycles. The molecule has 0 bridgehead atoms. The summed E-state index contributed by atoms with van der Waals surface area (Å²) in [6.45, 7) is 0. The van der Waals surface area contributed by atoms with E-state index >= 15 is 0 Å². The second-order valence-electron chi connectivity index (χ2n) is 4.22. The molecule has 1 fully saturated rings. The van der Waals surface area contributed by atoms with Crippen LogP contribution in [-0.4, -0.2) is 16.6 Å². The van der Waals surface area contributed by atoms with Crippen LogP contribution in [0.5, 0.6) is 0 Å². The fraction of sp³-hybridized carbons (Fsp3) is 0.417. The van der Waals surface area contributed by atoms with Crippen LogP contribution in [0, 0.1) is 5.92 Å². The van der Waals surface area contributed by atoms with E-state index in [4.69, 9.17) is 4.84 Å². The maximum Gasteiger partial charge on any atom is 0.243 e. The normalized spacial score (nSPS) is 33.4. The summed E-state index contributed by atoms with van der Waals surface area (Å²) in [6.07, 6.45) is 2.66. The van der Waals surface area contributed by atoms with Gasteiger partial charge in [-0.3, -0.25) is 0 Å². The second kappa shape index (κ2) is 3.07. The fourth-order valence-corrected chi connectivity index (χ4v) is 2.47. The van der Waals surface area contributed by atoms with Gasteiger partial charge in [0.15, 0.2) is 0 Å². The van der Waals surface area contributed by atoms with Crippen molar-refractivity contribution >= 4 is 5.71 Å². The molecule has 0 amide bonds. The molecule has 0 saturated heterocycles. The average Bonchev–Trinajstić information content (AvgIpc) is 2.76. The van der Waals surface area contributed by atoms with E-state index in [-0.39, 0.29) is 5.92 Å². The molecule has 3 heteroatoms. The van der Waals surface area contributed by atoms with Gasteiger partial charge in [0.05, 0.1) is 11.6 Å². The van der Waals surface area contributed by atoms with Gasteiger partial charge in [-0.15, -0.1) is 0 Å². The van der Waals surface area contributed by atoms with Crippen molar-refractivity contribution in [1.29, 1.82) is 0 Å². The standard InChI is InChI=1S/C12H13NO2/c14-12-8-4-7-10(12)11(13-15-12)9-5-2-1-3-6-9/h1-3,5-6,10,14H,4,7-8H2. The lowest BCUT2D eigenvalue weighted by molar-refractivity contribution is -0.196. The molecule has 78 valence electrons. The fourth-order valence-electron chi connectivity index (χ4n) is 2.47. The van der Waals surface area contributed by atoms with E-state index < -0.39 is 5.79 Å². The average molecular weight is 203 g/mol. The second-order valence-corrected chi connectivity index (χ2v) is 4.22. The van der Waals surface area contributed by atoms with E-state index in [0.717, 1.165) is 24.1 Å². The van der Waals surface area contributed by atoms with Gasteiger partial charge < -0.3 is 9.94 Å². The van der Waals surface area contributed by atoms with Gasteiger partial charge in [0.25, 0.3) is 0 Å². The van der Waals surface area contributed by atoms with Gasteiger partial charge in [-0.05, 0) is 18.4 Å². The molecule has 0 spiro atoms. The molecule has 1 heterocycles. The Bertz CT molecular complexity index is 401. The van der Waals surface area contributed by atoms with Gasteiger partial charge in [-0.2, -0.15) is 0 Å². The lowest BCUT2D eigenvalue weighted by atomic mass is 9.92. The topological polar surface area (TPSA) is 41.8 Å². The van der Waals surface area contributed by atoms with E-state index in [1.807, 2.05) is 30.3 Å². The van der Waals surface area contributed by atoms with Gasteiger partial charge in [-0.1, -0.05) is 35.5 Å². The van der Waals surface area contributed by atoms with Crippen LogP contribution in [0.1, 0.15) is 24.8 Å². The maximum absolute atomic E-state index is 10.1. The molecule has 2 aliphatic rings. The monoisotopic (exact) mass is 203 g/mol. The summed E-state index contributed by atoms with van der Waals surface area (Å²) in [6, 6.07) is 9.94. The molecule has 1 aromatic carbocycles. The lowest BCUT2D eigenvalue weighted by Crippen LogP contribution is -2.33. The summed E-state index contributed by atoms with van der Waals surface area (Å²) >= 11 is 0. The third-order valence-electron chi connectivity index (χ3n) is 3.27. The van der Waals surface area contributed by atoms with Crippen molar-refractivity contribution in [3.05, 3.63) is 35.9 Å². The molecule has 1 aromatic rings. The maximum atomic E-state index is 10.1. The van der Waals surface area contributed by atoms with E-state index in [1.54, 1.807) is 0 Å². The molecule has 15 heavy (non-hydrogen) atoms. The Hall–Kier alpha value is -1.35. The molecule has 1 N–H and O–H groups in total. The van der Waals surface area contributed by atoms with Gasteiger partial charge >= 0.3 is 0 Å². The van der Waals surface area contributed by atoms with Crippen molar-refractivity contribution in [2.75, 3.05) is 0 Å². The first-order chi connectivity index (χ1) is 7.30. The quantitative estimate of drug-likeness (QED) is 0.757. The highest BCUT2D eigenvalue weighted by Gasteiger charge is 2.51. The summed E-state index contributed by atoms with van der Waals surface area (Å²) in [5.74, 6) is -0.967.